The van der Waals surface area contributed by atoms with Gasteiger partial charge in [-0.15, -0.1) is 0 Å². The molecule has 4 aromatic carbocycles. The number of amidine groups is 1. The van der Waals surface area contributed by atoms with E-state index in [1.165, 1.54) is 23.9 Å². The zero-order valence-electron chi connectivity index (χ0n) is 35.8. The van der Waals surface area contributed by atoms with Crippen molar-refractivity contribution in [1.82, 2.24) is 19.8 Å². The number of fused-ring (bicyclic) bond motifs is 1. The lowest BCUT2D eigenvalue weighted by Gasteiger charge is -2.32. The number of allylic oxidation sites excluding steroid dienone is 1. The molecule has 1 aliphatic rings. The summed E-state index contributed by atoms with van der Waals surface area (Å²) in [6.07, 6.45) is 9.62. The van der Waals surface area contributed by atoms with Gasteiger partial charge in [-0.25, -0.2) is 14.5 Å². The molecule has 64 heavy (non-hydrogen) atoms. The van der Waals surface area contributed by atoms with Gasteiger partial charge in [0, 0.05) is 71.4 Å². The van der Waals surface area contributed by atoms with E-state index in [0.717, 1.165) is 51.4 Å². The van der Waals surface area contributed by atoms with Gasteiger partial charge in [-0.3, -0.25) is 15.2 Å². The number of aryl methyl sites for hydroxylation is 1. The van der Waals surface area contributed by atoms with E-state index in [9.17, 15) is 24.6 Å². The Kier molecular flexibility index (Phi) is 13.8. The van der Waals surface area contributed by atoms with Crippen molar-refractivity contribution in [2.45, 2.75) is 55.4 Å². The number of likely N-dealkylation sites (tertiary alicyclic amines) is 1. The first-order chi connectivity index (χ1) is 30.8. The van der Waals surface area contributed by atoms with E-state index in [-0.39, 0.29) is 46.5 Å². The average molecular weight is 878 g/mol. The standard InChI is InChI=1S/C49H51N9O5S/c1-30(2)38-28-39(44(60)29-43(38)59)46(51)58(48(52)62)34-12-16-42-32(26-34)20-25-56(42)22-17-31-18-23-57(24-19-31)49(63)55-41-27-35(64-45-10-5-4-9-37(45)47(61)53-3)13-14-36(41)40(50)15-11-33-8-6-7-21-54-33/h4-16,20-21,25-31,50-51,59-60H,17-19,22-24H2,1-3H3,(H2,52,62)(H,53,61)(H,55,63)/b15-11+,50-40?,51-46?. The number of hydrogen-bond acceptors (Lipinski definition) is 9. The summed E-state index contributed by atoms with van der Waals surface area (Å²) in [7, 11) is 1.59. The van der Waals surface area contributed by atoms with Crippen LogP contribution in [-0.2, 0) is 6.54 Å². The van der Waals surface area contributed by atoms with Crippen molar-refractivity contribution in [3.05, 3.63) is 143 Å². The number of nitrogens with zero attached hydrogens (tertiary/aromatic N) is 4. The highest BCUT2D eigenvalue weighted by atomic mass is 32.2. The van der Waals surface area contributed by atoms with Crippen LogP contribution in [0.25, 0.3) is 17.0 Å². The number of rotatable bonds is 13. The first-order valence-electron chi connectivity index (χ1n) is 21.0. The van der Waals surface area contributed by atoms with Crippen LogP contribution in [0.1, 0.15) is 71.8 Å². The highest BCUT2D eigenvalue weighted by Crippen LogP contribution is 2.36. The number of phenolic OH excluding ortho intramolecular Hbond substituents is 2. The molecule has 0 unspecified atom stereocenters. The lowest BCUT2D eigenvalue weighted by Crippen LogP contribution is -2.41. The number of amides is 5. The van der Waals surface area contributed by atoms with Crippen molar-refractivity contribution in [2.24, 2.45) is 11.7 Å². The molecule has 0 atom stereocenters. The fourth-order valence-corrected chi connectivity index (χ4v) is 8.84. The average Bonchev–Trinajstić information content (AvgIpc) is 3.70. The van der Waals surface area contributed by atoms with Crippen molar-refractivity contribution >= 4 is 69.6 Å². The second-order valence-corrected chi connectivity index (χ2v) is 17.0. The lowest BCUT2D eigenvalue weighted by atomic mass is 9.93. The molecule has 0 radical (unpaired) electrons. The Morgan fingerprint density at radius 3 is 2.41 bits per heavy atom. The van der Waals surface area contributed by atoms with Gasteiger partial charge in [-0.05, 0) is 122 Å². The number of hydrogen-bond donors (Lipinski definition) is 7. The Balaban J connectivity index is 1.00. The molecular weight excluding hydrogens is 827 g/mol. The van der Waals surface area contributed by atoms with Gasteiger partial charge in [0.15, 0.2) is 0 Å². The van der Waals surface area contributed by atoms with Gasteiger partial charge < -0.3 is 41.5 Å². The number of carbonyl (C=O) groups excluding carboxylic acids is 3. The second kappa shape index (κ2) is 19.8. The Hall–Kier alpha value is -7.39. The Labute approximate surface area is 375 Å². The van der Waals surface area contributed by atoms with E-state index in [2.05, 4.69) is 20.2 Å². The minimum Gasteiger partial charge on any atom is -0.508 e. The van der Waals surface area contributed by atoms with E-state index >= 15 is 0 Å². The van der Waals surface area contributed by atoms with E-state index in [1.807, 2.05) is 91.7 Å². The monoisotopic (exact) mass is 877 g/mol. The maximum atomic E-state index is 13.9. The van der Waals surface area contributed by atoms with Crippen molar-refractivity contribution in [2.75, 3.05) is 30.4 Å². The predicted octanol–water partition coefficient (Wildman–Crippen LogP) is 9.41. The Bertz CT molecular complexity index is 2760. The van der Waals surface area contributed by atoms with Gasteiger partial charge in [0.25, 0.3) is 5.91 Å². The number of primary amides is 1. The summed E-state index contributed by atoms with van der Waals surface area (Å²) >= 11 is 1.40. The molecule has 0 aliphatic carbocycles. The molecule has 2 aromatic heterocycles. The molecule has 15 heteroatoms. The molecule has 7 rings (SSSR count). The number of anilines is 2. The number of carbonyl (C=O) groups is 3. The zero-order valence-corrected chi connectivity index (χ0v) is 36.7. The molecule has 14 nitrogen and oxygen atoms in total. The van der Waals surface area contributed by atoms with Crippen LogP contribution in [0.5, 0.6) is 11.5 Å². The third-order valence-corrected chi connectivity index (χ3v) is 12.4. The lowest BCUT2D eigenvalue weighted by molar-refractivity contribution is 0.0960. The van der Waals surface area contributed by atoms with Crippen LogP contribution in [0.3, 0.4) is 0 Å². The first-order valence-corrected chi connectivity index (χ1v) is 21.8. The van der Waals surface area contributed by atoms with Crippen LogP contribution in [0.2, 0.25) is 0 Å². The SMILES string of the molecule is CNC(=O)c1ccccc1Sc1ccc(C(=N)/C=C/c2ccccn2)c(NC(=O)N2CCC(CCn3ccc4cc(N(C(=N)c5cc(C(C)C)c(O)cc5O)C(N)=O)ccc43)CC2)c1. The molecule has 0 bridgehead atoms. The second-order valence-electron chi connectivity index (χ2n) is 15.9. The predicted molar refractivity (Wildman–Crippen MR) is 253 cm³/mol. The van der Waals surface area contributed by atoms with Gasteiger partial charge in [0.05, 0.1) is 33.9 Å². The fourth-order valence-electron chi connectivity index (χ4n) is 7.86. The Morgan fingerprint density at radius 2 is 1.69 bits per heavy atom. The number of nitrogens with one attached hydrogen (secondary N) is 4. The van der Waals surface area contributed by atoms with Crippen molar-refractivity contribution < 1.29 is 24.6 Å². The van der Waals surface area contributed by atoms with E-state index in [0.29, 0.717) is 52.8 Å². The van der Waals surface area contributed by atoms with Gasteiger partial charge in [-0.1, -0.05) is 43.8 Å². The maximum Gasteiger partial charge on any atom is 0.325 e. The molecule has 6 aromatic rings. The number of benzene rings is 4. The maximum absolute atomic E-state index is 13.9. The summed E-state index contributed by atoms with van der Waals surface area (Å²) in [5.74, 6) is -0.655. The van der Waals surface area contributed by atoms with Crippen LogP contribution in [0.15, 0.2) is 125 Å². The summed E-state index contributed by atoms with van der Waals surface area (Å²) in [5.41, 5.74) is 10.2. The number of aromatic nitrogens is 2. The van der Waals surface area contributed by atoms with Crippen LogP contribution < -0.4 is 21.3 Å². The molecule has 0 spiro atoms. The fraction of sp³-hybridized carbons (Fsp3) is 0.224. The minimum atomic E-state index is -0.885. The topological polar surface area (TPSA) is 214 Å². The van der Waals surface area contributed by atoms with Crippen LogP contribution in [0.4, 0.5) is 21.0 Å². The number of pyridine rings is 1. The summed E-state index contributed by atoms with van der Waals surface area (Å²) < 4.78 is 2.15. The number of piperidine rings is 1. The number of aromatic hydroxyl groups is 2. The quantitative estimate of drug-likeness (QED) is 0.0440. The molecule has 3 heterocycles. The summed E-state index contributed by atoms with van der Waals surface area (Å²) in [4.78, 5) is 47.9. The molecule has 1 saturated heterocycles. The molecule has 1 aliphatic heterocycles. The van der Waals surface area contributed by atoms with Crippen molar-refractivity contribution in [3.8, 4) is 11.5 Å². The highest BCUT2D eigenvalue weighted by Gasteiger charge is 2.26. The first kappa shape index (κ1) is 44.7. The molecule has 1 fully saturated rings. The molecule has 328 valence electrons. The van der Waals surface area contributed by atoms with E-state index < -0.39 is 6.03 Å². The molecule has 8 N–H and O–H groups in total. The smallest absolute Gasteiger partial charge is 0.325 e. The largest absolute Gasteiger partial charge is 0.508 e. The van der Waals surface area contributed by atoms with Gasteiger partial charge in [0.2, 0.25) is 0 Å². The number of phenols is 2. The number of nitrogens with two attached hydrogens (primary N) is 1. The van der Waals surface area contributed by atoms with Crippen LogP contribution in [-0.4, -0.2) is 74.3 Å². The highest BCUT2D eigenvalue weighted by molar-refractivity contribution is 7.99. The molecule has 5 amide bonds. The van der Waals surface area contributed by atoms with Gasteiger partial charge >= 0.3 is 12.1 Å². The Morgan fingerprint density at radius 1 is 0.922 bits per heavy atom. The molecular formula is C49H51N9O5S. The van der Waals surface area contributed by atoms with Crippen molar-refractivity contribution in [3.63, 3.8) is 0 Å². The third-order valence-electron chi connectivity index (χ3n) is 11.4. The van der Waals surface area contributed by atoms with Crippen molar-refractivity contribution in [1.29, 1.82) is 10.8 Å². The minimum absolute atomic E-state index is 0.0717. The number of urea groups is 2. The van der Waals surface area contributed by atoms with Crippen LogP contribution in [0, 0.1) is 16.7 Å². The van der Waals surface area contributed by atoms with Gasteiger partial charge in [0.1, 0.15) is 17.3 Å². The molecule has 0 saturated carbocycles. The van der Waals surface area contributed by atoms with Gasteiger partial charge in [-0.2, -0.15) is 0 Å². The van der Waals surface area contributed by atoms with E-state index in [1.54, 1.807) is 43.6 Å². The summed E-state index contributed by atoms with van der Waals surface area (Å²) in [6, 6.07) is 27.3. The normalized spacial score (nSPS) is 13.0. The zero-order chi connectivity index (χ0) is 45.5. The van der Waals surface area contributed by atoms with Crippen LogP contribution >= 0.6 is 11.8 Å². The van der Waals surface area contributed by atoms with E-state index in [4.69, 9.17) is 16.6 Å². The summed E-state index contributed by atoms with van der Waals surface area (Å²) in [6.45, 7) is 5.62. The third kappa shape index (κ3) is 10.1. The summed E-state index contributed by atoms with van der Waals surface area (Å²) in [5, 5.41) is 45.4.